The molecule has 0 spiro atoms. The molecule has 1 fully saturated rings. The second-order valence-electron chi connectivity index (χ2n) is 7.82. The van der Waals surface area contributed by atoms with Crippen molar-refractivity contribution in [2.24, 2.45) is 17.8 Å². The van der Waals surface area contributed by atoms with E-state index in [2.05, 4.69) is 25.8 Å². The first-order valence-electron chi connectivity index (χ1n) is 9.66. The fraction of sp³-hybridized carbons (Fsp3) is 0.500. The van der Waals surface area contributed by atoms with Crippen LogP contribution in [0.1, 0.15) is 50.5 Å². The fourth-order valence-electron chi connectivity index (χ4n) is 3.83. The van der Waals surface area contributed by atoms with Gasteiger partial charge in [-0.15, -0.1) is 0 Å². The van der Waals surface area contributed by atoms with E-state index in [0.717, 1.165) is 18.2 Å². The van der Waals surface area contributed by atoms with E-state index in [9.17, 15) is 9.59 Å². The number of carbonyl (C=O) groups excluding carboxylic acids is 2. The Morgan fingerprint density at radius 3 is 2.70 bits per heavy atom. The van der Waals surface area contributed by atoms with Crippen molar-refractivity contribution in [1.29, 1.82) is 0 Å². The van der Waals surface area contributed by atoms with Crippen LogP contribution in [0.15, 0.2) is 36.4 Å². The summed E-state index contributed by atoms with van der Waals surface area (Å²) in [5.74, 6) is 0.258. The van der Waals surface area contributed by atoms with Crippen LogP contribution in [-0.4, -0.2) is 29.6 Å². The van der Waals surface area contributed by atoms with Crippen molar-refractivity contribution in [2.75, 3.05) is 6.61 Å². The van der Waals surface area contributed by atoms with Crippen LogP contribution in [0.2, 0.25) is 0 Å². The molecule has 2 aromatic rings. The molecule has 1 heterocycles. The van der Waals surface area contributed by atoms with Gasteiger partial charge in [0.2, 0.25) is 0 Å². The fourth-order valence-corrected chi connectivity index (χ4v) is 3.83. The number of hydrogen-bond acceptors (Lipinski definition) is 5. The SMILES string of the molecule is CC(C)[C@H]1CC[C@@H](C)C[C@@H]1OC(=O)COC(=O)c1ccc2ccccc2n1. The highest BCUT2D eigenvalue weighted by Crippen LogP contribution is 2.35. The van der Waals surface area contributed by atoms with Crippen LogP contribution < -0.4 is 0 Å². The number of hydrogen-bond donors (Lipinski definition) is 0. The van der Waals surface area contributed by atoms with E-state index in [-0.39, 0.29) is 18.4 Å². The standard InChI is InChI=1S/C22H27NO4/c1-14(2)17-10-8-15(3)12-20(17)27-21(24)13-26-22(25)19-11-9-16-6-4-5-7-18(16)23-19/h4-7,9,11,14-15,17,20H,8,10,12-13H2,1-3H3/t15-,17-,20+/m1/s1. The number of para-hydroxylation sites is 1. The molecule has 0 saturated heterocycles. The first-order valence-corrected chi connectivity index (χ1v) is 9.66. The Hall–Kier alpha value is -2.43. The summed E-state index contributed by atoms with van der Waals surface area (Å²) < 4.78 is 10.8. The molecule has 27 heavy (non-hydrogen) atoms. The van der Waals surface area contributed by atoms with Crippen molar-refractivity contribution in [1.82, 2.24) is 4.98 Å². The van der Waals surface area contributed by atoms with E-state index in [1.165, 1.54) is 6.42 Å². The van der Waals surface area contributed by atoms with Crippen LogP contribution in [0, 0.1) is 17.8 Å². The minimum Gasteiger partial charge on any atom is -0.460 e. The van der Waals surface area contributed by atoms with Crippen LogP contribution in [-0.2, 0) is 14.3 Å². The molecule has 0 unspecified atom stereocenters. The van der Waals surface area contributed by atoms with Crippen LogP contribution in [0.4, 0.5) is 0 Å². The zero-order valence-electron chi connectivity index (χ0n) is 16.2. The first-order chi connectivity index (χ1) is 12.9. The van der Waals surface area contributed by atoms with Gasteiger partial charge < -0.3 is 9.47 Å². The molecule has 5 nitrogen and oxygen atoms in total. The van der Waals surface area contributed by atoms with Crippen LogP contribution >= 0.6 is 0 Å². The van der Waals surface area contributed by atoms with E-state index in [1.807, 2.05) is 30.3 Å². The van der Waals surface area contributed by atoms with E-state index in [1.54, 1.807) is 6.07 Å². The molecule has 1 aliphatic rings. The van der Waals surface area contributed by atoms with Gasteiger partial charge in [0.15, 0.2) is 6.61 Å². The predicted molar refractivity (Wildman–Crippen MR) is 103 cm³/mol. The Kier molecular flexibility index (Phi) is 6.09. The van der Waals surface area contributed by atoms with E-state index >= 15 is 0 Å². The van der Waals surface area contributed by atoms with Gasteiger partial charge in [-0.25, -0.2) is 14.6 Å². The second kappa shape index (κ2) is 8.51. The van der Waals surface area contributed by atoms with Crippen molar-refractivity contribution in [3.8, 4) is 0 Å². The Labute approximate surface area is 160 Å². The molecular weight excluding hydrogens is 342 g/mol. The lowest BCUT2D eigenvalue weighted by Gasteiger charge is -2.36. The molecule has 0 amide bonds. The first kappa shape index (κ1) is 19.3. The largest absolute Gasteiger partial charge is 0.460 e. The van der Waals surface area contributed by atoms with Crippen LogP contribution in [0.25, 0.3) is 10.9 Å². The normalized spacial score (nSPS) is 22.6. The topological polar surface area (TPSA) is 65.5 Å². The minimum atomic E-state index is -0.616. The highest BCUT2D eigenvalue weighted by atomic mass is 16.6. The van der Waals surface area contributed by atoms with Gasteiger partial charge in [0.1, 0.15) is 11.8 Å². The van der Waals surface area contributed by atoms with Crippen LogP contribution in [0.3, 0.4) is 0 Å². The summed E-state index contributed by atoms with van der Waals surface area (Å²) in [7, 11) is 0. The molecule has 1 aromatic carbocycles. The highest BCUT2D eigenvalue weighted by Gasteiger charge is 2.33. The summed E-state index contributed by atoms with van der Waals surface area (Å²) in [6, 6.07) is 10.9. The Bertz CT molecular complexity index is 817. The average molecular weight is 369 g/mol. The number of pyridine rings is 1. The summed E-state index contributed by atoms with van der Waals surface area (Å²) >= 11 is 0. The Morgan fingerprint density at radius 2 is 1.93 bits per heavy atom. The second-order valence-corrected chi connectivity index (χ2v) is 7.82. The lowest BCUT2D eigenvalue weighted by Crippen LogP contribution is -2.36. The number of aromatic nitrogens is 1. The zero-order valence-corrected chi connectivity index (χ0v) is 16.2. The van der Waals surface area contributed by atoms with Crippen molar-refractivity contribution >= 4 is 22.8 Å². The van der Waals surface area contributed by atoms with Crippen molar-refractivity contribution < 1.29 is 19.1 Å². The molecular formula is C22H27NO4. The van der Waals surface area contributed by atoms with Gasteiger partial charge in [0, 0.05) is 5.39 Å². The maximum Gasteiger partial charge on any atom is 0.357 e. The summed E-state index contributed by atoms with van der Waals surface area (Å²) in [6.07, 6.45) is 3.00. The molecule has 0 bridgehead atoms. The Morgan fingerprint density at radius 1 is 1.15 bits per heavy atom. The Balaban J connectivity index is 1.56. The third kappa shape index (κ3) is 4.85. The molecule has 144 valence electrons. The maximum atomic E-state index is 12.2. The van der Waals surface area contributed by atoms with Gasteiger partial charge in [-0.2, -0.15) is 0 Å². The van der Waals surface area contributed by atoms with Gasteiger partial charge >= 0.3 is 11.9 Å². The maximum absolute atomic E-state index is 12.2. The quantitative estimate of drug-likeness (QED) is 0.731. The molecule has 1 saturated carbocycles. The smallest absolute Gasteiger partial charge is 0.357 e. The summed E-state index contributed by atoms with van der Waals surface area (Å²) in [5.41, 5.74) is 0.901. The van der Waals surface area contributed by atoms with Crippen LogP contribution in [0.5, 0.6) is 0 Å². The molecule has 0 aliphatic heterocycles. The van der Waals surface area contributed by atoms with Crippen molar-refractivity contribution in [3.05, 3.63) is 42.1 Å². The number of benzene rings is 1. The molecule has 5 heteroatoms. The zero-order chi connectivity index (χ0) is 19.4. The lowest BCUT2D eigenvalue weighted by atomic mass is 9.75. The summed E-state index contributed by atoms with van der Waals surface area (Å²) in [6.45, 7) is 6.12. The molecule has 0 radical (unpaired) electrons. The monoisotopic (exact) mass is 369 g/mol. The lowest BCUT2D eigenvalue weighted by molar-refractivity contribution is -0.159. The van der Waals surface area contributed by atoms with Gasteiger partial charge in [-0.05, 0) is 42.7 Å². The minimum absolute atomic E-state index is 0.0984. The number of fused-ring (bicyclic) bond motifs is 1. The van der Waals surface area contributed by atoms with Gasteiger partial charge in [-0.3, -0.25) is 0 Å². The molecule has 3 rings (SSSR count). The average Bonchev–Trinajstić information content (AvgIpc) is 2.65. The number of rotatable bonds is 5. The van der Waals surface area contributed by atoms with Crippen molar-refractivity contribution in [2.45, 2.75) is 46.1 Å². The van der Waals surface area contributed by atoms with Gasteiger partial charge in [0.05, 0.1) is 5.52 Å². The predicted octanol–water partition coefficient (Wildman–Crippen LogP) is 4.40. The number of ether oxygens (including phenoxy) is 2. The van der Waals surface area contributed by atoms with E-state index in [0.29, 0.717) is 23.3 Å². The summed E-state index contributed by atoms with van der Waals surface area (Å²) in [5, 5.41) is 0.944. The number of carbonyl (C=O) groups is 2. The van der Waals surface area contributed by atoms with E-state index < -0.39 is 11.9 Å². The molecule has 0 N–H and O–H groups in total. The molecule has 3 atom stereocenters. The van der Waals surface area contributed by atoms with Crippen molar-refractivity contribution in [3.63, 3.8) is 0 Å². The third-order valence-corrected chi connectivity index (χ3v) is 5.37. The van der Waals surface area contributed by atoms with Gasteiger partial charge in [0.25, 0.3) is 0 Å². The number of esters is 2. The van der Waals surface area contributed by atoms with Gasteiger partial charge in [-0.1, -0.05) is 51.5 Å². The highest BCUT2D eigenvalue weighted by molar-refractivity contribution is 5.92. The molecule has 1 aromatic heterocycles. The molecule has 1 aliphatic carbocycles. The third-order valence-electron chi connectivity index (χ3n) is 5.37. The van der Waals surface area contributed by atoms with E-state index in [4.69, 9.17) is 9.47 Å². The summed E-state index contributed by atoms with van der Waals surface area (Å²) in [4.78, 5) is 28.7. The number of nitrogens with zero attached hydrogens (tertiary/aromatic N) is 1.